The average molecular weight is 210 g/mol. The minimum atomic E-state index is -0.538. The molecule has 0 saturated carbocycles. The van der Waals surface area contributed by atoms with Gasteiger partial charge in [-0.15, -0.1) is 0 Å². The molecule has 0 aliphatic carbocycles. The minimum Gasteiger partial charge on any atom is -0.486 e. The van der Waals surface area contributed by atoms with E-state index in [1.54, 1.807) is 24.3 Å². The van der Waals surface area contributed by atoms with Gasteiger partial charge in [-0.2, -0.15) is 0 Å². The Kier molecular flexibility index (Phi) is 3.41. The van der Waals surface area contributed by atoms with Crippen LogP contribution in [0.15, 0.2) is 24.3 Å². The molecule has 1 amide bonds. The van der Waals surface area contributed by atoms with Gasteiger partial charge < -0.3 is 16.2 Å². The van der Waals surface area contributed by atoms with Crippen LogP contribution < -0.4 is 16.2 Å². The Hall–Kier alpha value is -1.62. The van der Waals surface area contributed by atoms with Crippen molar-refractivity contribution in [1.29, 1.82) is 0 Å². The van der Waals surface area contributed by atoms with Gasteiger partial charge in [0.2, 0.25) is 0 Å². The predicted octanol–water partition coefficient (Wildman–Crippen LogP) is 0.450. The molecule has 14 heavy (non-hydrogen) atoms. The Morgan fingerprint density at radius 1 is 1.36 bits per heavy atom. The number of ether oxygens (including phenoxy) is 1. The second-order valence-corrected chi connectivity index (χ2v) is 3.14. The molecule has 0 spiro atoms. The van der Waals surface area contributed by atoms with Gasteiger partial charge in [0.05, 0.1) is 5.56 Å². The van der Waals surface area contributed by atoms with Crippen molar-refractivity contribution in [2.24, 2.45) is 11.5 Å². The predicted molar refractivity (Wildman–Crippen MR) is 57.2 cm³/mol. The van der Waals surface area contributed by atoms with Crippen LogP contribution in [0.1, 0.15) is 10.4 Å². The molecule has 0 atom stereocenters. The lowest BCUT2D eigenvalue weighted by Gasteiger charge is -2.07. The molecule has 0 aromatic heterocycles. The maximum absolute atomic E-state index is 10.9. The van der Waals surface area contributed by atoms with Crippen LogP contribution in [0.2, 0.25) is 0 Å². The molecule has 0 fully saturated rings. The zero-order valence-corrected chi connectivity index (χ0v) is 8.21. The van der Waals surface area contributed by atoms with E-state index in [1.165, 1.54) is 0 Å². The van der Waals surface area contributed by atoms with Gasteiger partial charge in [0.1, 0.15) is 17.3 Å². The molecule has 0 radical (unpaired) electrons. The number of benzene rings is 1. The third kappa shape index (κ3) is 2.70. The molecule has 1 rings (SSSR count). The lowest BCUT2D eigenvalue weighted by atomic mass is 10.2. The topological polar surface area (TPSA) is 78.3 Å². The molecule has 0 bridgehead atoms. The lowest BCUT2D eigenvalue weighted by molar-refractivity contribution is 0.0997. The van der Waals surface area contributed by atoms with E-state index in [9.17, 15) is 4.79 Å². The van der Waals surface area contributed by atoms with Crippen molar-refractivity contribution in [2.75, 3.05) is 6.61 Å². The minimum absolute atomic E-state index is 0.0969. The number of hydrogen-bond donors (Lipinski definition) is 2. The first kappa shape index (κ1) is 10.5. The number of carbonyl (C=O) groups is 1. The summed E-state index contributed by atoms with van der Waals surface area (Å²) in [6.07, 6.45) is 0. The van der Waals surface area contributed by atoms with Crippen LogP contribution in [-0.2, 0) is 0 Å². The van der Waals surface area contributed by atoms with Crippen LogP contribution >= 0.6 is 12.2 Å². The van der Waals surface area contributed by atoms with E-state index in [0.717, 1.165) is 0 Å². The zero-order chi connectivity index (χ0) is 10.6. The summed E-state index contributed by atoms with van der Waals surface area (Å²) in [5.74, 6) is -0.142. The number of rotatable bonds is 4. The van der Waals surface area contributed by atoms with Gasteiger partial charge in [-0.3, -0.25) is 4.79 Å². The second-order valence-electron chi connectivity index (χ2n) is 2.62. The lowest BCUT2D eigenvalue weighted by Crippen LogP contribution is -2.20. The highest BCUT2D eigenvalue weighted by molar-refractivity contribution is 7.80. The summed E-state index contributed by atoms with van der Waals surface area (Å²) in [6, 6.07) is 6.66. The van der Waals surface area contributed by atoms with E-state index in [-0.39, 0.29) is 11.6 Å². The van der Waals surface area contributed by atoms with Crippen molar-refractivity contribution in [3.63, 3.8) is 0 Å². The number of primary amides is 1. The fraction of sp³-hybridized carbons (Fsp3) is 0.111. The Morgan fingerprint density at radius 2 is 2.00 bits per heavy atom. The van der Waals surface area contributed by atoms with Crippen molar-refractivity contribution < 1.29 is 9.53 Å². The van der Waals surface area contributed by atoms with E-state index in [1.807, 2.05) is 0 Å². The number of amides is 1. The standard InChI is InChI=1S/C9H10N2O2S/c10-8(14)5-13-7-4-2-1-3-6(7)9(11)12/h1-4H,5H2,(H2,10,14)(H2,11,12). The zero-order valence-electron chi connectivity index (χ0n) is 7.40. The normalized spacial score (nSPS) is 9.43. The molecule has 4 nitrogen and oxygen atoms in total. The Morgan fingerprint density at radius 3 is 2.57 bits per heavy atom. The Labute approximate surface area is 86.8 Å². The number of nitrogens with two attached hydrogens (primary N) is 2. The molecular formula is C9H10N2O2S. The van der Waals surface area contributed by atoms with Gasteiger partial charge in [0.25, 0.3) is 5.91 Å². The number of thiocarbonyl (C=S) groups is 1. The van der Waals surface area contributed by atoms with E-state index in [0.29, 0.717) is 11.3 Å². The fourth-order valence-corrected chi connectivity index (χ4v) is 1.00. The van der Waals surface area contributed by atoms with Crippen LogP contribution in [0.25, 0.3) is 0 Å². The summed E-state index contributed by atoms with van der Waals surface area (Å²) in [4.78, 5) is 11.2. The van der Waals surface area contributed by atoms with Crippen LogP contribution in [0, 0.1) is 0 Å². The van der Waals surface area contributed by atoms with E-state index in [2.05, 4.69) is 12.2 Å². The molecule has 1 aromatic rings. The van der Waals surface area contributed by atoms with Crippen LogP contribution in [0.5, 0.6) is 5.75 Å². The third-order valence-corrected chi connectivity index (χ3v) is 1.64. The molecule has 0 saturated heterocycles. The van der Waals surface area contributed by atoms with Gasteiger partial charge in [0.15, 0.2) is 0 Å². The van der Waals surface area contributed by atoms with Crippen molar-refractivity contribution in [1.82, 2.24) is 0 Å². The second kappa shape index (κ2) is 4.57. The summed E-state index contributed by atoms with van der Waals surface area (Å²) in [5, 5.41) is 0. The van der Waals surface area contributed by atoms with Gasteiger partial charge in [0, 0.05) is 0 Å². The van der Waals surface area contributed by atoms with Crippen molar-refractivity contribution in [3.8, 4) is 5.75 Å². The average Bonchev–Trinajstić information content (AvgIpc) is 2.15. The maximum atomic E-state index is 10.9. The number of carbonyl (C=O) groups excluding carboxylic acids is 1. The molecule has 4 N–H and O–H groups in total. The molecule has 1 aromatic carbocycles. The van der Waals surface area contributed by atoms with Gasteiger partial charge in [-0.25, -0.2) is 0 Å². The first-order valence-electron chi connectivity index (χ1n) is 3.91. The molecule has 74 valence electrons. The smallest absolute Gasteiger partial charge is 0.252 e. The van der Waals surface area contributed by atoms with Crippen LogP contribution in [-0.4, -0.2) is 17.5 Å². The quantitative estimate of drug-likeness (QED) is 0.707. The number of hydrogen-bond acceptors (Lipinski definition) is 3. The maximum Gasteiger partial charge on any atom is 0.252 e. The fourth-order valence-electron chi connectivity index (χ4n) is 0.945. The van der Waals surface area contributed by atoms with E-state index in [4.69, 9.17) is 16.2 Å². The summed E-state index contributed by atoms with van der Waals surface area (Å²) < 4.78 is 5.19. The number of para-hydroxylation sites is 1. The summed E-state index contributed by atoms with van der Waals surface area (Å²) in [6.45, 7) is 0.0969. The molecule has 0 unspecified atom stereocenters. The van der Waals surface area contributed by atoms with Crippen LogP contribution in [0.3, 0.4) is 0 Å². The van der Waals surface area contributed by atoms with Crippen molar-refractivity contribution in [3.05, 3.63) is 29.8 Å². The highest BCUT2D eigenvalue weighted by Crippen LogP contribution is 2.16. The van der Waals surface area contributed by atoms with Crippen LogP contribution in [0.4, 0.5) is 0 Å². The highest BCUT2D eigenvalue weighted by Gasteiger charge is 2.07. The SMILES string of the molecule is NC(=O)c1ccccc1OCC(N)=S. The molecule has 0 aliphatic rings. The Balaban J connectivity index is 2.84. The molecule has 5 heteroatoms. The summed E-state index contributed by atoms with van der Waals surface area (Å²) in [7, 11) is 0. The molecule has 0 aliphatic heterocycles. The van der Waals surface area contributed by atoms with Crippen molar-refractivity contribution in [2.45, 2.75) is 0 Å². The summed E-state index contributed by atoms with van der Waals surface area (Å²) in [5.41, 5.74) is 10.7. The van der Waals surface area contributed by atoms with E-state index >= 15 is 0 Å². The van der Waals surface area contributed by atoms with E-state index < -0.39 is 5.91 Å². The third-order valence-electron chi connectivity index (χ3n) is 1.52. The van der Waals surface area contributed by atoms with Gasteiger partial charge >= 0.3 is 0 Å². The molecule has 0 heterocycles. The van der Waals surface area contributed by atoms with Gasteiger partial charge in [-0.1, -0.05) is 24.4 Å². The van der Waals surface area contributed by atoms with Gasteiger partial charge in [-0.05, 0) is 12.1 Å². The monoisotopic (exact) mass is 210 g/mol. The largest absolute Gasteiger partial charge is 0.486 e. The highest BCUT2D eigenvalue weighted by atomic mass is 32.1. The Bertz CT molecular complexity index is 366. The molecular weight excluding hydrogens is 200 g/mol. The first-order valence-corrected chi connectivity index (χ1v) is 4.32. The first-order chi connectivity index (χ1) is 6.61. The summed E-state index contributed by atoms with van der Waals surface area (Å²) >= 11 is 4.64. The van der Waals surface area contributed by atoms with Crippen molar-refractivity contribution >= 4 is 23.1 Å².